The van der Waals surface area contributed by atoms with E-state index in [1.165, 1.54) is 17.1 Å². The molecule has 2 aromatic heterocycles. The molecule has 1 aliphatic rings. The van der Waals surface area contributed by atoms with Gasteiger partial charge in [-0.25, -0.2) is 4.68 Å². The van der Waals surface area contributed by atoms with Crippen LogP contribution in [0.1, 0.15) is 20.9 Å². The lowest BCUT2D eigenvalue weighted by molar-refractivity contribution is 0.0518. The second kappa shape index (κ2) is 7.28. The number of para-hydroxylation sites is 1. The number of piperazine rings is 1. The van der Waals surface area contributed by atoms with Gasteiger partial charge in [-0.1, -0.05) is 29.8 Å². The van der Waals surface area contributed by atoms with E-state index in [0.717, 1.165) is 5.69 Å². The number of halogens is 1. The van der Waals surface area contributed by atoms with Gasteiger partial charge in [-0.2, -0.15) is 5.10 Å². The average molecular weight is 385 g/mol. The lowest BCUT2D eigenvalue weighted by Gasteiger charge is -2.34. The maximum atomic E-state index is 12.8. The maximum Gasteiger partial charge on any atom is 0.289 e. The Morgan fingerprint density at radius 3 is 2.22 bits per heavy atom. The Morgan fingerprint density at radius 2 is 1.59 bits per heavy atom. The molecule has 1 fully saturated rings. The van der Waals surface area contributed by atoms with Gasteiger partial charge in [0.2, 0.25) is 0 Å². The Labute approximate surface area is 160 Å². The number of benzene rings is 1. The second-order valence-corrected chi connectivity index (χ2v) is 6.52. The number of furan rings is 1. The summed E-state index contributed by atoms with van der Waals surface area (Å²) >= 11 is 6.40. The minimum Gasteiger partial charge on any atom is -0.459 e. The van der Waals surface area contributed by atoms with Crippen LogP contribution >= 0.6 is 11.6 Å². The van der Waals surface area contributed by atoms with Gasteiger partial charge < -0.3 is 14.2 Å². The van der Waals surface area contributed by atoms with Crippen molar-refractivity contribution in [3.63, 3.8) is 0 Å². The van der Waals surface area contributed by atoms with Crippen LogP contribution in [0.25, 0.3) is 5.69 Å². The van der Waals surface area contributed by atoms with E-state index in [1.54, 1.807) is 21.9 Å². The summed E-state index contributed by atoms with van der Waals surface area (Å²) in [6.45, 7) is 1.74. The second-order valence-electron chi connectivity index (χ2n) is 6.16. The molecule has 0 unspecified atom stereocenters. The molecular formula is C19H17ClN4O3. The summed E-state index contributed by atoms with van der Waals surface area (Å²) in [7, 11) is 0. The van der Waals surface area contributed by atoms with Gasteiger partial charge >= 0.3 is 0 Å². The zero-order chi connectivity index (χ0) is 18.8. The van der Waals surface area contributed by atoms with E-state index in [4.69, 9.17) is 16.0 Å². The number of hydrogen-bond donors (Lipinski definition) is 0. The van der Waals surface area contributed by atoms with Gasteiger partial charge in [0.05, 0.1) is 23.7 Å². The summed E-state index contributed by atoms with van der Waals surface area (Å²) in [6.07, 6.45) is 2.96. The topological polar surface area (TPSA) is 71.6 Å². The molecule has 0 saturated carbocycles. The molecule has 0 radical (unpaired) electrons. The lowest BCUT2D eigenvalue weighted by Crippen LogP contribution is -2.50. The van der Waals surface area contributed by atoms with E-state index in [-0.39, 0.29) is 17.0 Å². The molecule has 8 heteroatoms. The van der Waals surface area contributed by atoms with Crippen LogP contribution in [0.2, 0.25) is 5.15 Å². The van der Waals surface area contributed by atoms with Gasteiger partial charge in [0, 0.05) is 26.2 Å². The Morgan fingerprint density at radius 1 is 0.926 bits per heavy atom. The number of amides is 2. The molecule has 3 aromatic rings. The summed E-state index contributed by atoms with van der Waals surface area (Å²) in [5, 5.41) is 4.52. The molecule has 0 bridgehead atoms. The van der Waals surface area contributed by atoms with Crippen LogP contribution in [0.15, 0.2) is 59.3 Å². The molecule has 3 heterocycles. The third kappa shape index (κ3) is 3.33. The maximum absolute atomic E-state index is 12.8. The molecule has 1 aliphatic heterocycles. The Balaban J connectivity index is 1.44. The predicted octanol–water partition coefficient (Wildman–Crippen LogP) is 2.72. The first kappa shape index (κ1) is 17.4. The molecule has 1 aromatic carbocycles. The third-order valence-corrected chi connectivity index (χ3v) is 4.89. The van der Waals surface area contributed by atoms with Crippen molar-refractivity contribution in [3.05, 3.63) is 71.4 Å². The molecule has 1 saturated heterocycles. The highest BCUT2D eigenvalue weighted by Crippen LogP contribution is 2.22. The fourth-order valence-corrected chi connectivity index (χ4v) is 3.34. The molecule has 0 spiro atoms. The van der Waals surface area contributed by atoms with Crippen molar-refractivity contribution in [1.82, 2.24) is 19.6 Å². The summed E-state index contributed by atoms with van der Waals surface area (Å²) in [5.41, 5.74) is 1.14. The van der Waals surface area contributed by atoms with Crippen LogP contribution in [-0.4, -0.2) is 57.6 Å². The van der Waals surface area contributed by atoms with E-state index in [9.17, 15) is 9.59 Å². The van der Waals surface area contributed by atoms with E-state index in [2.05, 4.69) is 5.10 Å². The lowest BCUT2D eigenvalue weighted by atomic mass is 10.2. The van der Waals surface area contributed by atoms with Crippen molar-refractivity contribution >= 4 is 23.4 Å². The van der Waals surface area contributed by atoms with Crippen LogP contribution in [0.3, 0.4) is 0 Å². The first-order chi connectivity index (χ1) is 13.1. The van der Waals surface area contributed by atoms with Gasteiger partial charge in [-0.05, 0) is 24.3 Å². The summed E-state index contributed by atoms with van der Waals surface area (Å²) < 4.78 is 6.69. The molecule has 0 N–H and O–H groups in total. The molecule has 138 valence electrons. The van der Waals surface area contributed by atoms with Gasteiger partial charge in [-0.3, -0.25) is 9.59 Å². The molecule has 2 amide bonds. The molecule has 27 heavy (non-hydrogen) atoms. The van der Waals surface area contributed by atoms with Crippen molar-refractivity contribution in [2.24, 2.45) is 0 Å². The molecule has 7 nitrogen and oxygen atoms in total. The van der Waals surface area contributed by atoms with E-state index in [1.807, 2.05) is 30.3 Å². The zero-order valence-corrected chi connectivity index (χ0v) is 15.2. The van der Waals surface area contributed by atoms with Gasteiger partial charge in [-0.15, -0.1) is 0 Å². The van der Waals surface area contributed by atoms with Crippen LogP contribution in [0.5, 0.6) is 0 Å². The van der Waals surface area contributed by atoms with Gasteiger partial charge in [0.1, 0.15) is 5.15 Å². The minimum absolute atomic E-state index is 0.165. The molecular weight excluding hydrogens is 368 g/mol. The molecule has 4 rings (SSSR count). The number of hydrogen-bond acceptors (Lipinski definition) is 4. The number of rotatable bonds is 3. The van der Waals surface area contributed by atoms with Crippen molar-refractivity contribution in [2.75, 3.05) is 26.2 Å². The first-order valence-corrected chi connectivity index (χ1v) is 8.94. The Bertz CT molecular complexity index is 945. The quantitative estimate of drug-likeness (QED) is 0.696. The largest absolute Gasteiger partial charge is 0.459 e. The predicted molar refractivity (Wildman–Crippen MR) is 99.1 cm³/mol. The SMILES string of the molecule is O=C(c1ccco1)N1CCN(C(=O)c2cnn(-c3ccccc3)c2Cl)CC1. The number of carbonyl (C=O) groups excluding carboxylic acids is 2. The third-order valence-electron chi connectivity index (χ3n) is 4.53. The molecule has 0 atom stereocenters. The van der Waals surface area contributed by atoms with Crippen molar-refractivity contribution in [2.45, 2.75) is 0 Å². The van der Waals surface area contributed by atoms with Crippen LogP contribution in [0.4, 0.5) is 0 Å². The Kier molecular flexibility index (Phi) is 4.68. The monoisotopic (exact) mass is 384 g/mol. The fourth-order valence-electron chi connectivity index (χ4n) is 3.07. The highest BCUT2D eigenvalue weighted by atomic mass is 35.5. The van der Waals surface area contributed by atoms with Gasteiger partial charge in [0.15, 0.2) is 5.76 Å². The number of aromatic nitrogens is 2. The van der Waals surface area contributed by atoms with E-state index in [0.29, 0.717) is 37.5 Å². The summed E-state index contributed by atoms with van der Waals surface area (Å²) in [4.78, 5) is 28.5. The van der Waals surface area contributed by atoms with E-state index < -0.39 is 0 Å². The highest BCUT2D eigenvalue weighted by molar-refractivity contribution is 6.33. The normalized spacial score (nSPS) is 14.4. The minimum atomic E-state index is -0.188. The van der Waals surface area contributed by atoms with Gasteiger partial charge in [0.25, 0.3) is 11.8 Å². The number of carbonyl (C=O) groups is 2. The first-order valence-electron chi connectivity index (χ1n) is 8.56. The standard InChI is InChI=1S/C19H17ClN4O3/c20-17-15(13-21-24(17)14-5-2-1-3-6-14)18(25)22-8-10-23(11-9-22)19(26)16-7-4-12-27-16/h1-7,12-13H,8-11H2. The number of nitrogens with zero attached hydrogens (tertiary/aromatic N) is 4. The van der Waals surface area contributed by atoms with Crippen LogP contribution in [0, 0.1) is 0 Å². The van der Waals surface area contributed by atoms with Crippen molar-refractivity contribution in [1.29, 1.82) is 0 Å². The van der Waals surface area contributed by atoms with Crippen molar-refractivity contribution in [3.8, 4) is 5.69 Å². The molecule has 0 aliphatic carbocycles. The van der Waals surface area contributed by atoms with Crippen LogP contribution < -0.4 is 0 Å². The smallest absolute Gasteiger partial charge is 0.289 e. The fraction of sp³-hybridized carbons (Fsp3) is 0.211. The summed E-state index contributed by atoms with van der Waals surface area (Å²) in [5.74, 6) is -0.0451. The van der Waals surface area contributed by atoms with E-state index >= 15 is 0 Å². The van der Waals surface area contributed by atoms with Crippen LogP contribution in [-0.2, 0) is 0 Å². The van der Waals surface area contributed by atoms with Crippen molar-refractivity contribution < 1.29 is 14.0 Å². The summed E-state index contributed by atoms with van der Waals surface area (Å²) in [6, 6.07) is 12.7. The Hall–Kier alpha value is -3.06. The zero-order valence-electron chi connectivity index (χ0n) is 14.4. The highest BCUT2D eigenvalue weighted by Gasteiger charge is 2.28. The average Bonchev–Trinajstić information content (AvgIpc) is 3.38.